The Hall–Kier alpha value is -1.57. The van der Waals surface area contributed by atoms with Crippen molar-refractivity contribution >= 4 is 12.0 Å². The first-order chi connectivity index (χ1) is 8.02. The van der Waals surface area contributed by atoms with Crippen molar-refractivity contribution < 1.29 is 4.79 Å². The van der Waals surface area contributed by atoms with Crippen molar-refractivity contribution in [3.63, 3.8) is 0 Å². The third kappa shape index (κ3) is 4.06. The van der Waals surface area contributed by atoms with Crippen molar-refractivity contribution in [3.8, 4) is 0 Å². The van der Waals surface area contributed by atoms with Crippen LogP contribution in [0.5, 0.6) is 0 Å². The quantitative estimate of drug-likeness (QED) is 0.728. The summed E-state index contributed by atoms with van der Waals surface area (Å²) in [7, 11) is 0. The third-order valence-electron chi connectivity index (χ3n) is 2.59. The van der Waals surface area contributed by atoms with E-state index in [-0.39, 0.29) is 18.0 Å². The second-order valence-electron chi connectivity index (χ2n) is 4.68. The van der Waals surface area contributed by atoms with Gasteiger partial charge < -0.3 is 4.90 Å². The van der Waals surface area contributed by atoms with Gasteiger partial charge in [0, 0.05) is 18.2 Å². The van der Waals surface area contributed by atoms with E-state index in [9.17, 15) is 4.79 Å². The maximum absolute atomic E-state index is 12.0. The molecule has 0 spiro atoms. The summed E-state index contributed by atoms with van der Waals surface area (Å²) in [5.41, 5.74) is 1.05. The first-order valence-corrected chi connectivity index (χ1v) is 6.07. The van der Waals surface area contributed by atoms with E-state index in [1.807, 2.05) is 69.0 Å². The minimum atomic E-state index is 0.0684. The molecule has 0 heterocycles. The Labute approximate surface area is 104 Å². The molecule has 17 heavy (non-hydrogen) atoms. The average Bonchev–Trinajstić information content (AvgIpc) is 2.27. The van der Waals surface area contributed by atoms with E-state index in [4.69, 9.17) is 0 Å². The smallest absolute Gasteiger partial charge is 0.247 e. The van der Waals surface area contributed by atoms with Crippen LogP contribution in [0.2, 0.25) is 0 Å². The number of rotatable bonds is 4. The Kier molecular flexibility index (Phi) is 4.95. The van der Waals surface area contributed by atoms with Crippen LogP contribution in [0.15, 0.2) is 36.4 Å². The van der Waals surface area contributed by atoms with Gasteiger partial charge in [-0.25, -0.2) is 0 Å². The first kappa shape index (κ1) is 13.5. The van der Waals surface area contributed by atoms with Crippen molar-refractivity contribution in [1.29, 1.82) is 0 Å². The Morgan fingerprint density at radius 2 is 1.59 bits per heavy atom. The normalized spacial score (nSPS) is 11.4. The number of carbonyl (C=O) groups is 1. The second kappa shape index (κ2) is 6.24. The van der Waals surface area contributed by atoms with Gasteiger partial charge in [-0.15, -0.1) is 0 Å². The van der Waals surface area contributed by atoms with E-state index in [0.29, 0.717) is 0 Å². The van der Waals surface area contributed by atoms with Crippen LogP contribution in [0.4, 0.5) is 0 Å². The van der Waals surface area contributed by atoms with Gasteiger partial charge in [-0.3, -0.25) is 4.79 Å². The number of amides is 1. The molecule has 0 aromatic heterocycles. The molecule has 1 amide bonds. The molecule has 0 saturated heterocycles. The molecule has 2 heteroatoms. The molecule has 0 unspecified atom stereocenters. The predicted octanol–water partition coefficient (Wildman–Crippen LogP) is 3.35. The van der Waals surface area contributed by atoms with Gasteiger partial charge in [0.25, 0.3) is 0 Å². The van der Waals surface area contributed by atoms with Crippen LogP contribution in [-0.2, 0) is 4.79 Å². The molecule has 1 rings (SSSR count). The fourth-order valence-corrected chi connectivity index (χ4v) is 1.92. The summed E-state index contributed by atoms with van der Waals surface area (Å²) in [6, 6.07) is 10.3. The molecular formula is C15H21NO. The van der Waals surface area contributed by atoms with Crippen LogP contribution in [0, 0.1) is 0 Å². The largest absolute Gasteiger partial charge is 0.334 e. The highest BCUT2D eigenvalue weighted by Crippen LogP contribution is 2.08. The maximum Gasteiger partial charge on any atom is 0.247 e. The number of benzene rings is 1. The number of carbonyl (C=O) groups excluding carboxylic acids is 1. The lowest BCUT2D eigenvalue weighted by Crippen LogP contribution is -2.41. The number of nitrogens with zero attached hydrogens (tertiary/aromatic N) is 1. The van der Waals surface area contributed by atoms with E-state index in [2.05, 4.69) is 0 Å². The van der Waals surface area contributed by atoms with Gasteiger partial charge in [0.2, 0.25) is 5.91 Å². The molecular weight excluding hydrogens is 210 g/mol. The molecule has 1 aromatic rings. The van der Waals surface area contributed by atoms with Crippen LogP contribution in [0.3, 0.4) is 0 Å². The third-order valence-corrected chi connectivity index (χ3v) is 2.59. The second-order valence-corrected chi connectivity index (χ2v) is 4.68. The van der Waals surface area contributed by atoms with Crippen molar-refractivity contribution in [2.24, 2.45) is 0 Å². The summed E-state index contributed by atoms with van der Waals surface area (Å²) in [6.45, 7) is 8.14. The molecule has 0 bridgehead atoms. The fourth-order valence-electron chi connectivity index (χ4n) is 1.92. The van der Waals surface area contributed by atoms with E-state index < -0.39 is 0 Å². The summed E-state index contributed by atoms with van der Waals surface area (Å²) < 4.78 is 0. The average molecular weight is 231 g/mol. The molecule has 0 atom stereocenters. The Morgan fingerprint density at radius 3 is 2.06 bits per heavy atom. The van der Waals surface area contributed by atoms with Crippen LogP contribution in [0.25, 0.3) is 6.08 Å². The maximum atomic E-state index is 12.0. The molecule has 0 aliphatic rings. The summed E-state index contributed by atoms with van der Waals surface area (Å²) in [6.07, 6.45) is 3.51. The molecule has 2 nitrogen and oxygen atoms in total. The van der Waals surface area contributed by atoms with E-state index in [1.165, 1.54) is 0 Å². The number of hydrogen-bond donors (Lipinski definition) is 0. The summed E-state index contributed by atoms with van der Waals surface area (Å²) >= 11 is 0. The van der Waals surface area contributed by atoms with Gasteiger partial charge in [-0.2, -0.15) is 0 Å². The predicted molar refractivity (Wildman–Crippen MR) is 72.6 cm³/mol. The van der Waals surface area contributed by atoms with Gasteiger partial charge in [0.05, 0.1) is 0 Å². The van der Waals surface area contributed by atoms with Crippen LogP contribution in [-0.4, -0.2) is 22.9 Å². The zero-order valence-electron chi connectivity index (χ0n) is 11.1. The lowest BCUT2D eigenvalue weighted by atomic mass is 10.2. The Balaban J connectivity index is 2.74. The highest BCUT2D eigenvalue weighted by atomic mass is 16.2. The standard InChI is InChI=1S/C15H21NO/c1-12(2)16(13(3)4)15(17)11-10-14-8-6-5-7-9-14/h5-13H,1-4H3. The molecule has 0 saturated carbocycles. The van der Waals surface area contributed by atoms with Crippen molar-refractivity contribution in [2.45, 2.75) is 39.8 Å². The van der Waals surface area contributed by atoms with Gasteiger partial charge in [0.15, 0.2) is 0 Å². The molecule has 0 aliphatic carbocycles. The van der Waals surface area contributed by atoms with E-state index in [1.54, 1.807) is 6.08 Å². The van der Waals surface area contributed by atoms with Crippen molar-refractivity contribution in [3.05, 3.63) is 42.0 Å². The van der Waals surface area contributed by atoms with Crippen LogP contribution >= 0.6 is 0 Å². The lowest BCUT2D eigenvalue weighted by Gasteiger charge is -2.29. The van der Waals surface area contributed by atoms with Gasteiger partial charge >= 0.3 is 0 Å². The molecule has 92 valence electrons. The molecule has 0 aliphatic heterocycles. The fraction of sp³-hybridized carbons (Fsp3) is 0.400. The Morgan fingerprint density at radius 1 is 1.06 bits per heavy atom. The first-order valence-electron chi connectivity index (χ1n) is 6.07. The zero-order valence-corrected chi connectivity index (χ0v) is 11.1. The van der Waals surface area contributed by atoms with Gasteiger partial charge in [-0.05, 0) is 39.3 Å². The topological polar surface area (TPSA) is 20.3 Å². The highest BCUT2D eigenvalue weighted by molar-refractivity contribution is 5.92. The summed E-state index contributed by atoms with van der Waals surface area (Å²) in [5, 5.41) is 0. The zero-order chi connectivity index (χ0) is 12.8. The van der Waals surface area contributed by atoms with Crippen LogP contribution in [0.1, 0.15) is 33.3 Å². The highest BCUT2D eigenvalue weighted by Gasteiger charge is 2.17. The minimum absolute atomic E-state index is 0.0684. The monoisotopic (exact) mass is 231 g/mol. The number of hydrogen-bond acceptors (Lipinski definition) is 1. The SMILES string of the molecule is CC(C)N(C(=O)C=Cc1ccccc1)C(C)C. The van der Waals surface area contributed by atoms with Crippen molar-refractivity contribution in [2.75, 3.05) is 0 Å². The van der Waals surface area contributed by atoms with Crippen molar-refractivity contribution in [1.82, 2.24) is 4.90 Å². The molecule has 0 radical (unpaired) electrons. The summed E-state index contributed by atoms with van der Waals surface area (Å²) in [4.78, 5) is 13.9. The lowest BCUT2D eigenvalue weighted by molar-refractivity contribution is -0.129. The van der Waals surface area contributed by atoms with E-state index in [0.717, 1.165) is 5.56 Å². The van der Waals surface area contributed by atoms with Gasteiger partial charge in [-0.1, -0.05) is 30.3 Å². The van der Waals surface area contributed by atoms with Crippen LogP contribution < -0.4 is 0 Å². The molecule has 1 aromatic carbocycles. The summed E-state index contributed by atoms with van der Waals surface area (Å²) in [5.74, 6) is 0.0684. The molecule has 0 fully saturated rings. The molecule has 0 N–H and O–H groups in total. The Bertz CT molecular complexity index is 371. The van der Waals surface area contributed by atoms with E-state index >= 15 is 0 Å². The minimum Gasteiger partial charge on any atom is -0.334 e. The van der Waals surface area contributed by atoms with Gasteiger partial charge in [0.1, 0.15) is 0 Å².